The molecular weight excluding hydrogens is 249 g/mol. The molecule has 1 aromatic rings. The van der Waals surface area contributed by atoms with Gasteiger partial charge in [-0.1, -0.05) is 6.07 Å². The van der Waals surface area contributed by atoms with Crippen molar-refractivity contribution in [2.45, 2.75) is 25.4 Å². The lowest BCUT2D eigenvalue weighted by Gasteiger charge is -2.32. The maximum atomic E-state index is 13.5. The Kier molecular flexibility index (Phi) is 4.44. The van der Waals surface area contributed by atoms with Gasteiger partial charge in [0.15, 0.2) is 0 Å². The number of nitro groups is 1. The molecule has 1 saturated heterocycles. The largest absolute Gasteiger partial charge is 0.316 e. The molecule has 19 heavy (non-hydrogen) atoms. The molecule has 1 unspecified atom stereocenters. The van der Waals surface area contributed by atoms with Crippen molar-refractivity contribution in [3.8, 4) is 0 Å². The topological polar surface area (TPSA) is 58.4 Å². The van der Waals surface area contributed by atoms with Crippen molar-refractivity contribution in [3.05, 3.63) is 39.7 Å². The van der Waals surface area contributed by atoms with E-state index in [1.807, 2.05) is 7.05 Å². The molecule has 6 heteroatoms. The maximum Gasteiger partial charge on any atom is 0.304 e. The minimum atomic E-state index is -0.760. The van der Waals surface area contributed by atoms with Crippen LogP contribution in [0.25, 0.3) is 0 Å². The summed E-state index contributed by atoms with van der Waals surface area (Å²) in [6.07, 6.45) is 2.27. The molecule has 0 bridgehead atoms. The van der Waals surface area contributed by atoms with Crippen LogP contribution in [0.5, 0.6) is 0 Å². The fraction of sp³-hybridized carbons (Fsp3) is 0.538. The molecule has 1 fully saturated rings. The molecule has 0 spiro atoms. The summed E-state index contributed by atoms with van der Waals surface area (Å²) in [4.78, 5) is 12.1. The third-order valence-corrected chi connectivity index (χ3v) is 3.53. The summed E-state index contributed by atoms with van der Waals surface area (Å²) in [5.74, 6) is -0.760. The Bertz CT molecular complexity index is 467. The van der Waals surface area contributed by atoms with Crippen LogP contribution in [0.15, 0.2) is 18.2 Å². The number of piperidine rings is 1. The van der Waals surface area contributed by atoms with Crippen molar-refractivity contribution in [2.24, 2.45) is 0 Å². The Balaban J connectivity index is 2.03. The fourth-order valence-corrected chi connectivity index (χ4v) is 2.49. The number of hydrogen-bond acceptors (Lipinski definition) is 4. The Morgan fingerprint density at radius 2 is 2.37 bits per heavy atom. The van der Waals surface area contributed by atoms with Crippen LogP contribution in [0.1, 0.15) is 18.4 Å². The second-order valence-corrected chi connectivity index (χ2v) is 4.91. The Hall–Kier alpha value is -1.53. The number of rotatable bonds is 4. The number of nitro benzene ring substituents is 1. The zero-order valence-corrected chi connectivity index (χ0v) is 10.9. The number of halogens is 1. The average molecular weight is 267 g/mol. The van der Waals surface area contributed by atoms with E-state index in [1.165, 1.54) is 12.1 Å². The summed E-state index contributed by atoms with van der Waals surface area (Å²) in [7, 11) is 1.94. The molecular formula is C13H18FN3O2. The van der Waals surface area contributed by atoms with E-state index in [0.717, 1.165) is 31.5 Å². The van der Waals surface area contributed by atoms with Gasteiger partial charge in [0, 0.05) is 25.2 Å². The maximum absolute atomic E-state index is 13.5. The van der Waals surface area contributed by atoms with Gasteiger partial charge in [-0.25, -0.2) is 0 Å². The molecule has 0 aromatic heterocycles. The predicted molar refractivity (Wildman–Crippen MR) is 70.4 cm³/mol. The lowest BCUT2D eigenvalue weighted by Crippen LogP contribution is -2.43. The van der Waals surface area contributed by atoms with Gasteiger partial charge in [0.1, 0.15) is 0 Å². The van der Waals surface area contributed by atoms with Gasteiger partial charge in [-0.2, -0.15) is 4.39 Å². The van der Waals surface area contributed by atoms with Gasteiger partial charge in [0.25, 0.3) is 0 Å². The van der Waals surface area contributed by atoms with Gasteiger partial charge in [-0.05, 0) is 38.1 Å². The van der Waals surface area contributed by atoms with E-state index in [1.54, 1.807) is 6.07 Å². The molecule has 0 radical (unpaired) electrons. The number of likely N-dealkylation sites (N-methyl/N-ethyl adjacent to an activating group) is 1. The van der Waals surface area contributed by atoms with Crippen LogP contribution in [0.2, 0.25) is 0 Å². The molecule has 1 atom stereocenters. The lowest BCUT2D eigenvalue weighted by atomic mass is 10.0. The minimum absolute atomic E-state index is 0.463. The van der Waals surface area contributed by atoms with Crippen LogP contribution in [0.4, 0.5) is 10.1 Å². The Morgan fingerprint density at radius 3 is 3.00 bits per heavy atom. The minimum Gasteiger partial charge on any atom is -0.316 e. The summed E-state index contributed by atoms with van der Waals surface area (Å²) in [6.45, 7) is 2.54. The van der Waals surface area contributed by atoms with Gasteiger partial charge in [0.05, 0.1) is 4.92 Å². The summed E-state index contributed by atoms with van der Waals surface area (Å²) < 4.78 is 13.5. The molecule has 0 amide bonds. The van der Waals surface area contributed by atoms with E-state index in [0.29, 0.717) is 12.6 Å². The third-order valence-electron chi connectivity index (χ3n) is 3.53. The first kappa shape index (κ1) is 13.9. The first-order valence-corrected chi connectivity index (χ1v) is 6.42. The number of likely N-dealkylation sites (tertiary alicyclic amines) is 1. The normalized spacial score (nSPS) is 20.4. The zero-order valence-electron chi connectivity index (χ0n) is 10.9. The molecule has 104 valence electrons. The van der Waals surface area contributed by atoms with E-state index in [9.17, 15) is 14.5 Å². The highest BCUT2D eigenvalue weighted by molar-refractivity contribution is 5.35. The number of nitrogens with zero attached hydrogens (tertiary/aromatic N) is 2. The highest BCUT2D eigenvalue weighted by Crippen LogP contribution is 2.20. The number of nitrogens with one attached hydrogen (secondary N) is 1. The molecule has 5 nitrogen and oxygen atoms in total. The van der Waals surface area contributed by atoms with Gasteiger partial charge in [0.2, 0.25) is 5.82 Å². The quantitative estimate of drug-likeness (QED) is 0.669. The van der Waals surface area contributed by atoms with Gasteiger partial charge in [-0.3, -0.25) is 15.0 Å². The average Bonchev–Trinajstić information content (AvgIpc) is 2.38. The smallest absolute Gasteiger partial charge is 0.304 e. The van der Waals surface area contributed by atoms with Crippen LogP contribution >= 0.6 is 0 Å². The molecule has 0 aliphatic carbocycles. The first-order valence-electron chi connectivity index (χ1n) is 6.42. The number of benzene rings is 1. The first-order chi connectivity index (χ1) is 9.10. The summed E-state index contributed by atoms with van der Waals surface area (Å²) in [5.41, 5.74) is 0.315. The molecule has 1 N–H and O–H groups in total. The van der Waals surface area contributed by atoms with Crippen LogP contribution in [0.3, 0.4) is 0 Å². The third kappa shape index (κ3) is 3.48. The van der Waals surface area contributed by atoms with Gasteiger partial charge < -0.3 is 5.32 Å². The van der Waals surface area contributed by atoms with E-state index in [-0.39, 0.29) is 0 Å². The molecule has 1 heterocycles. The van der Waals surface area contributed by atoms with E-state index in [2.05, 4.69) is 10.2 Å². The van der Waals surface area contributed by atoms with Crippen molar-refractivity contribution in [1.29, 1.82) is 0 Å². The summed E-state index contributed by atoms with van der Waals surface area (Å²) in [6, 6.07) is 4.60. The summed E-state index contributed by atoms with van der Waals surface area (Å²) >= 11 is 0. The molecule has 1 aliphatic heterocycles. The highest BCUT2D eigenvalue weighted by Gasteiger charge is 2.19. The van der Waals surface area contributed by atoms with Crippen LogP contribution in [-0.2, 0) is 6.54 Å². The van der Waals surface area contributed by atoms with Crippen molar-refractivity contribution in [1.82, 2.24) is 10.2 Å². The molecule has 0 saturated carbocycles. The SMILES string of the molecule is CNC1CCCN(Cc2ccc([N+](=O)[O-])c(F)c2)C1. The van der Waals surface area contributed by atoms with Crippen molar-refractivity contribution < 1.29 is 9.31 Å². The standard InChI is InChI=1S/C13H18FN3O2/c1-15-11-3-2-6-16(9-11)8-10-4-5-13(17(18)19)12(14)7-10/h4-5,7,11,15H,2-3,6,8-9H2,1H3. The van der Waals surface area contributed by atoms with E-state index in [4.69, 9.17) is 0 Å². The van der Waals surface area contributed by atoms with Crippen LogP contribution in [0, 0.1) is 15.9 Å². The van der Waals surface area contributed by atoms with Gasteiger partial charge in [-0.15, -0.1) is 0 Å². The fourth-order valence-electron chi connectivity index (χ4n) is 2.49. The monoisotopic (exact) mass is 267 g/mol. The number of hydrogen-bond donors (Lipinski definition) is 1. The lowest BCUT2D eigenvalue weighted by molar-refractivity contribution is -0.387. The van der Waals surface area contributed by atoms with E-state index >= 15 is 0 Å². The molecule has 1 aromatic carbocycles. The van der Waals surface area contributed by atoms with Crippen molar-refractivity contribution in [3.63, 3.8) is 0 Å². The predicted octanol–water partition coefficient (Wildman–Crippen LogP) is 1.92. The van der Waals surface area contributed by atoms with Crippen molar-refractivity contribution >= 4 is 5.69 Å². The Morgan fingerprint density at radius 1 is 1.58 bits per heavy atom. The second-order valence-electron chi connectivity index (χ2n) is 4.91. The summed E-state index contributed by atoms with van der Waals surface area (Å²) in [5, 5.41) is 13.8. The second kappa shape index (κ2) is 6.08. The van der Waals surface area contributed by atoms with Crippen LogP contribution < -0.4 is 5.32 Å². The zero-order chi connectivity index (χ0) is 13.8. The molecule has 1 aliphatic rings. The van der Waals surface area contributed by atoms with Crippen LogP contribution in [-0.4, -0.2) is 36.0 Å². The molecule has 2 rings (SSSR count). The highest BCUT2D eigenvalue weighted by atomic mass is 19.1. The van der Waals surface area contributed by atoms with Gasteiger partial charge >= 0.3 is 5.69 Å². The van der Waals surface area contributed by atoms with Crippen molar-refractivity contribution in [2.75, 3.05) is 20.1 Å². The Labute approximate surface area is 111 Å². The van der Waals surface area contributed by atoms with E-state index < -0.39 is 16.4 Å².